The molecule has 1 fully saturated rings. The van der Waals surface area contributed by atoms with Crippen LogP contribution in [0.15, 0.2) is 35.9 Å². The summed E-state index contributed by atoms with van der Waals surface area (Å²) in [5.74, 6) is -3.44. The molecule has 11 nitrogen and oxygen atoms in total. The Labute approximate surface area is 200 Å². The number of carbonyl (C=O) groups is 1. The van der Waals surface area contributed by atoms with Crippen LogP contribution in [-0.4, -0.2) is 66.4 Å². The first-order chi connectivity index (χ1) is 16.7. The standard InChI is InChI=1S/C23H23FN4O7/c1-26(13-15-9-16(3-4-18(15)24)27-5-7-35-8-6-27)23(31)17(12-25)21(29)14-10-19(28(32)33)22(30)20(11-14)34-2/h3-4,9-11,29-30H,5-8,13H2,1-2H3/b21-17-. The maximum Gasteiger partial charge on any atom is 0.315 e. The van der Waals surface area contributed by atoms with Crippen molar-refractivity contribution in [2.24, 2.45) is 0 Å². The zero-order valence-electron chi connectivity index (χ0n) is 19.0. The molecule has 12 heteroatoms. The van der Waals surface area contributed by atoms with Crippen LogP contribution in [0.1, 0.15) is 11.1 Å². The maximum atomic E-state index is 14.5. The van der Waals surface area contributed by atoms with E-state index < -0.39 is 39.4 Å². The molecule has 1 amide bonds. The number of aromatic hydroxyl groups is 1. The molecule has 35 heavy (non-hydrogen) atoms. The van der Waals surface area contributed by atoms with Gasteiger partial charge in [-0.1, -0.05) is 0 Å². The van der Waals surface area contributed by atoms with Crippen LogP contribution in [0.25, 0.3) is 5.76 Å². The Morgan fingerprint density at radius 2 is 2.03 bits per heavy atom. The van der Waals surface area contributed by atoms with Crippen molar-refractivity contribution in [2.45, 2.75) is 6.54 Å². The van der Waals surface area contributed by atoms with E-state index in [1.807, 2.05) is 4.90 Å². The molecule has 2 N–H and O–H groups in total. The van der Waals surface area contributed by atoms with E-state index in [1.165, 1.54) is 13.1 Å². The predicted molar refractivity (Wildman–Crippen MR) is 122 cm³/mol. The largest absolute Gasteiger partial charge is 0.506 e. The quantitative estimate of drug-likeness (QED) is 0.198. The number of benzene rings is 2. The number of nitriles is 1. The molecule has 2 aromatic carbocycles. The van der Waals surface area contributed by atoms with Gasteiger partial charge in [-0.25, -0.2) is 4.39 Å². The highest BCUT2D eigenvalue weighted by molar-refractivity contribution is 6.03. The van der Waals surface area contributed by atoms with Gasteiger partial charge in [-0.3, -0.25) is 14.9 Å². The summed E-state index contributed by atoms with van der Waals surface area (Å²) in [6, 6.07) is 7.98. The van der Waals surface area contributed by atoms with Gasteiger partial charge in [-0.2, -0.15) is 5.26 Å². The lowest BCUT2D eigenvalue weighted by Crippen LogP contribution is -2.36. The summed E-state index contributed by atoms with van der Waals surface area (Å²) in [6.45, 7) is 2.15. The van der Waals surface area contributed by atoms with Crippen LogP contribution in [0, 0.1) is 27.3 Å². The van der Waals surface area contributed by atoms with Gasteiger partial charge in [0.2, 0.25) is 5.75 Å². The number of phenols is 1. The summed E-state index contributed by atoms with van der Waals surface area (Å²) in [7, 11) is 2.47. The van der Waals surface area contributed by atoms with Gasteiger partial charge in [-0.05, 0) is 24.3 Å². The van der Waals surface area contributed by atoms with Gasteiger partial charge in [-0.15, -0.1) is 0 Å². The van der Waals surface area contributed by atoms with Crippen LogP contribution in [0.3, 0.4) is 0 Å². The van der Waals surface area contributed by atoms with Crippen molar-refractivity contribution in [1.29, 1.82) is 5.26 Å². The number of nitrogens with zero attached hydrogens (tertiary/aromatic N) is 4. The minimum atomic E-state index is -0.934. The lowest BCUT2D eigenvalue weighted by atomic mass is 10.1. The first-order valence-electron chi connectivity index (χ1n) is 10.4. The Balaban J connectivity index is 1.91. The number of amides is 1. The number of hydrogen-bond acceptors (Lipinski definition) is 9. The first-order valence-corrected chi connectivity index (χ1v) is 10.4. The average molecular weight is 486 g/mol. The van der Waals surface area contributed by atoms with E-state index in [2.05, 4.69) is 0 Å². The highest BCUT2D eigenvalue weighted by atomic mass is 19.1. The Kier molecular flexibility index (Phi) is 7.73. The molecule has 0 atom stereocenters. The third-order valence-electron chi connectivity index (χ3n) is 5.47. The van der Waals surface area contributed by atoms with Crippen molar-refractivity contribution in [3.63, 3.8) is 0 Å². The maximum absolute atomic E-state index is 14.5. The molecule has 184 valence electrons. The van der Waals surface area contributed by atoms with Crippen molar-refractivity contribution in [3.8, 4) is 17.6 Å². The van der Waals surface area contributed by atoms with E-state index >= 15 is 0 Å². The number of morpholine rings is 1. The third-order valence-corrected chi connectivity index (χ3v) is 5.47. The molecule has 1 aliphatic heterocycles. The van der Waals surface area contributed by atoms with Crippen LogP contribution in [0.5, 0.6) is 11.5 Å². The minimum absolute atomic E-state index is 0.198. The van der Waals surface area contributed by atoms with Crippen molar-refractivity contribution in [1.82, 2.24) is 4.90 Å². The van der Waals surface area contributed by atoms with E-state index in [-0.39, 0.29) is 23.4 Å². The molecule has 0 unspecified atom stereocenters. The van der Waals surface area contributed by atoms with Gasteiger partial charge in [0.05, 0.1) is 25.2 Å². The van der Waals surface area contributed by atoms with Crippen LogP contribution >= 0.6 is 0 Å². The summed E-state index contributed by atoms with van der Waals surface area (Å²) in [6.07, 6.45) is 0. The second kappa shape index (κ2) is 10.7. The summed E-state index contributed by atoms with van der Waals surface area (Å²) in [4.78, 5) is 26.3. The number of hydrogen-bond donors (Lipinski definition) is 2. The molecular formula is C23H23FN4O7. The molecule has 0 aliphatic carbocycles. The summed E-state index contributed by atoms with van der Waals surface area (Å²) >= 11 is 0. The van der Waals surface area contributed by atoms with E-state index in [0.29, 0.717) is 26.3 Å². The van der Waals surface area contributed by atoms with Gasteiger partial charge in [0.15, 0.2) is 11.3 Å². The number of nitro groups is 1. The molecule has 1 aliphatic rings. The number of nitro benzene ring substituents is 1. The number of anilines is 1. The number of rotatable bonds is 7. The molecule has 0 saturated carbocycles. The zero-order valence-corrected chi connectivity index (χ0v) is 19.0. The normalized spacial score (nSPS) is 14.1. The van der Waals surface area contributed by atoms with Crippen molar-refractivity contribution >= 4 is 23.0 Å². The van der Waals surface area contributed by atoms with Gasteiger partial charge >= 0.3 is 5.69 Å². The number of carbonyl (C=O) groups excluding carboxylic acids is 1. The number of halogens is 1. The number of aliphatic hydroxyl groups is 1. The van der Waals surface area contributed by atoms with Crippen molar-refractivity contribution in [3.05, 3.63) is 63.0 Å². The topological polar surface area (TPSA) is 149 Å². The van der Waals surface area contributed by atoms with Gasteiger partial charge in [0.25, 0.3) is 5.91 Å². The van der Waals surface area contributed by atoms with E-state index in [4.69, 9.17) is 9.47 Å². The molecule has 0 radical (unpaired) electrons. The highest BCUT2D eigenvalue weighted by Gasteiger charge is 2.26. The lowest BCUT2D eigenvalue weighted by molar-refractivity contribution is -0.386. The molecular weight excluding hydrogens is 463 g/mol. The number of methoxy groups -OCH3 is 1. The lowest BCUT2D eigenvalue weighted by Gasteiger charge is -2.29. The van der Waals surface area contributed by atoms with Gasteiger partial charge in [0.1, 0.15) is 17.6 Å². The van der Waals surface area contributed by atoms with Crippen LogP contribution in [-0.2, 0) is 16.1 Å². The molecule has 1 saturated heterocycles. The molecule has 3 rings (SSSR count). The number of ether oxygens (including phenoxy) is 2. The minimum Gasteiger partial charge on any atom is -0.506 e. The fourth-order valence-electron chi connectivity index (χ4n) is 3.59. The Hall–Kier alpha value is -4.37. The number of aliphatic hydroxyl groups excluding tert-OH is 1. The second-order valence-electron chi connectivity index (χ2n) is 7.68. The molecule has 0 bridgehead atoms. The predicted octanol–water partition coefficient (Wildman–Crippen LogP) is 2.74. The van der Waals surface area contributed by atoms with Crippen LogP contribution in [0.2, 0.25) is 0 Å². The monoisotopic (exact) mass is 486 g/mol. The van der Waals surface area contributed by atoms with Crippen molar-refractivity contribution in [2.75, 3.05) is 45.4 Å². The van der Waals surface area contributed by atoms with Crippen molar-refractivity contribution < 1.29 is 33.8 Å². The van der Waals surface area contributed by atoms with Crippen LogP contribution in [0.4, 0.5) is 15.8 Å². The molecule has 0 spiro atoms. The second-order valence-corrected chi connectivity index (χ2v) is 7.68. The van der Waals surface area contributed by atoms with Gasteiger partial charge in [0, 0.05) is 49.6 Å². The SMILES string of the molecule is COc1cc(/C(O)=C(\C#N)C(=O)N(C)Cc2cc(N3CCOCC3)ccc2F)cc([N+](=O)[O-])c1O. The van der Waals surface area contributed by atoms with E-state index in [1.54, 1.807) is 18.2 Å². The third kappa shape index (κ3) is 5.42. The fourth-order valence-corrected chi connectivity index (χ4v) is 3.59. The smallest absolute Gasteiger partial charge is 0.315 e. The van der Waals surface area contributed by atoms with Gasteiger partial charge < -0.3 is 29.5 Å². The Morgan fingerprint density at radius 1 is 1.34 bits per heavy atom. The molecule has 2 aromatic rings. The summed E-state index contributed by atoms with van der Waals surface area (Å²) in [5, 5.41) is 41.3. The van der Waals surface area contributed by atoms with E-state index in [0.717, 1.165) is 29.8 Å². The fraction of sp³-hybridized carbons (Fsp3) is 0.304. The number of likely N-dealkylation sites (N-methyl/N-ethyl adjacent to an activating group) is 1. The Morgan fingerprint density at radius 3 is 2.63 bits per heavy atom. The summed E-state index contributed by atoms with van der Waals surface area (Å²) < 4.78 is 24.7. The Bertz CT molecular complexity index is 1220. The molecule has 1 heterocycles. The average Bonchev–Trinajstić information content (AvgIpc) is 2.86. The van der Waals surface area contributed by atoms with E-state index in [9.17, 15) is 34.8 Å². The first kappa shape index (κ1) is 25.3. The zero-order chi connectivity index (χ0) is 25.7. The highest BCUT2D eigenvalue weighted by Crippen LogP contribution is 2.38. The molecule has 0 aromatic heterocycles. The van der Waals surface area contributed by atoms with Crippen LogP contribution < -0.4 is 9.64 Å². The summed E-state index contributed by atoms with van der Waals surface area (Å²) in [5.41, 5.74) is -0.841. The number of phenolic OH excluding ortho intramolecular Hbond substituents is 1.